The van der Waals surface area contributed by atoms with Gasteiger partial charge in [0.2, 0.25) is 0 Å². The molecule has 7 nitrogen and oxygen atoms in total. The fraction of sp³-hybridized carbons (Fsp3) is 0.171. The molecule has 0 atom stereocenters. The number of carboxylic acid groups (broad SMARTS) is 1. The van der Waals surface area contributed by atoms with Crippen LogP contribution in [0, 0.1) is 6.92 Å². The Morgan fingerprint density at radius 1 is 0.905 bits per heavy atom. The molecule has 6 aromatic rings. The molecule has 2 N–H and O–H groups in total. The van der Waals surface area contributed by atoms with Crippen molar-refractivity contribution in [3.05, 3.63) is 125 Å². The van der Waals surface area contributed by atoms with Gasteiger partial charge in [0.05, 0.1) is 34.3 Å². The van der Waals surface area contributed by atoms with Crippen LogP contribution in [0.15, 0.2) is 97.2 Å². The summed E-state index contributed by atoms with van der Waals surface area (Å²) in [5, 5.41) is 13.8. The summed E-state index contributed by atoms with van der Waals surface area (Å²) in [6.07, 6.45) is 4.82. The van der Waals surface area contributed by atoms with E-state index >= 15 is 0 Å². The average molecular weight is 557 g/mol. The van der Waals surface area contributed by atoms with Crippen molar-refractivity contribution in [2.45, 2.75) is 39.7 Å². The quantitative estimate of drug-likeness (QED) is 0.192. The van der Waals surface area contributed by atoms with Gasteiger partial charge < -0.3 is 19.6 Å². The van der Waals surface area contributed by atoms with Gasteiger partial charge in [-0.05, 0) is 73.0 Å². The average Bonchev–Trinajstić information content (AvgIpc) is 3.59. The van der Waals surface area contributed by atoms with Crippen LogP contribution in [0.3, 0.4) is 0 Å². The fourth-order valence-corrected chi connectivity index (χ4v) is 5.61. The molecule has 0 bridgehead atoms. The van der Waals surface area contributed by atoms with E-state index in [4.69, 9.17) is 4.98 Å². The number of carboxylic acids is 1. The lowest BCUT2D eigenvalue weighted by Gasteiger charge is -2.13. The molecular formula is C35H32N4O3. The fourth-order valence-electron chi connectivity index (χ4n) is 5.61. The number of amides is 1. The number of aromatic carboxylic acids is 1. The van der Waals surface area contributed by atoms with Crippen molar-refractivity contribution in [3.63, 3.8) is 0 Å². The number of benzene rings is 4. The highest BCUT2D eigenvalue weighted by Gasteiger charge is 2.19. The minimum Gasteiger partial charge on any atom is -0.478 e. The lowest BCUT2D eigenvalue weighted by atomic mass is 10.1. The lowest BCUT2D eigenvalue weighted by Crippen LogP contribution is -2.12. The molecule has 0 aliphatic carbocycles. The van der Waals surface area contributed by atoms with Gasteiger partial charge in [-0.2, -0.15) is 0 Å². The zero-order chi connectivity index (χ0) is 29.2. The highest BCUT2D eigenvalue weighted by Crippen LogP contribution is 2.29. The van der Waals surface area contributed by atoms with Gasteiger partial charge in [0.25, 0.3) is 5.91 Å². The number of carbonyl (C=O) groups excluding carboxylic acids is 1. The van der Waals surface area contributed by atoms with E-state index in [2.05, 4.69) is 22.9 Å². The molecule has 42 heavy (non-hydrogen) atoms. The summed E-state index contributed by atoms with van der Waals surface area (Å²) >= 11 is 0. The second-order valence-corrected chi connectivity index (χ2v) is 10.6. The number of nitrogens with zero attached hydrogens (tertiary/aromatic N) is 3. The van der Waals surface area contributed by atoms with Crippen molar-refractivity contribution >= 4 is 39.5 Å². The van der Waals surface area contributed by atoms with Crippen LogP contribution in [0.1, 0.15) is 57.4 Å². The maximum Gasteiger partial charge on any atom is 0.337 e. The first-order valence-corrected chi connectivity index (χ1v) is 14.2. The Bertz CT molecular complexity index is 1940. The summed E-state index contributed by atoms with van der Waals surface area (Å²) in [5.74, 6) is -0.134. The van der Waals surface area contributed by atoms with Gasteiger partial charge >= 0.3 is 5.97 Å². The van der Waals surface area contributed by atoms with E-state index in [1.165, 1.54) is 0 Å². The molecule has 0 spiro atoms. The Balaban J connectivity index is 1.44. The van der Waals surface area contributed by atoms with Crippen molar-refractivity contribution in [1.29, 1.82) is 0 Å². The van der Waals surface area contributed by atoms with Gasteiger partial charge in [-0.3, -0.25) is 4.79 Å². The van der Waals surface area contributed by atoms with Crippen LogP contribution in [-0.4, -0.2) is 31.1 Å². The van der Waals surface area contributed by atoms with E-state index in [9.17, 15) is 14.7 Å². The molecular weight excluding hydrogens is 524 g/mol. The zero-order valence-corrected chi connectivity index (χ0v) is 23.7. The number of aromatic nitrogens is 3. The molecule has 210 valence electrons. The monoisotopic (exact) mass is 556 g/mol. The van der Waals surface area contributed by atoms with Crippen LogP contribution in [0.25, 0.3) is 27.6 Å². The maximum absolute atomic E-state index is 13.3. The standard InChI is InChI=1S/C35H32N4O3/c1-3-4-17-32-37-33-23(2)20-25(34(40)36-26-12-6-5-7-13-26)21-31(33)39(32)22-24-11-10-16-29-27(24)18-19-38(29)30-15-9-8-14-28(30)35(41)42/h5-16,18-21H,3-4,17,22H2,1-2H3,(H,36,40)(H,41,42). The van der Waals surface area contributed by atoms with Gasteiger partial charge in [0.1, 0.15) is 5.82 Å². The van der Waals surface area contributed by atoms with E-state index in [0.29, 0.717) is 17.8 Å². The summed E-state index contributed by atoms with van der Waals surface area (Å²) < 4.78 is 4.16. The van der Waals surface area contributed by atoms with Gasteiger partial charge in [0.15, 0.2) is 0 Å². The Hall–Kier alpha value is -5.17. The molecule has 0 saturated carbocycles. The highest BCUT2D eigenvalue weighted by atomic mass is 16.4. The number of hydrogen-bond acceptors (Lipinski definition) is 3. The van der Waals surface area contributed by atoms with Crippen molar-refractivity contribution in [2.75, 3.05) is 5.32 Å². The number of fused-ring (bicyclic) bond motifs is 2. The first-order chi connectivity index (χ1) is 20.4. The molecule has 0 aliphatic rings. The number of unbranched alkanes of at least 4 members (excludes halogenated alkanes) is 1. The molecule has 4 aromatic carbocycles. The van der Waals surface area contributed by atoms with Gasteiger partial charge in [-0.25, -0.2) is 9.78 Å². The second-order valence-electron chi connectivity index (χ2n) is 10.6. The van der Waals surface area contributed by atoms with Crippen LogP contribution in [0.5, 0.6) is 0 Å². The lowest BCUT2D eigenvalue weighted by molar-refractivity contribution is 0.0696. The number of hydrogen-bond donors (Lipinski definition) is 2. The number of aryl methyl sites for hydroxylation is 2. The van der Waals surface area contributed by atoms with E-state index in [0.717, 1.165) is 63.8 Å². The minimum absolute atomic E-state index is 0.162. The zero-order valence-electron chi connectivity index (χ0n) is 23.7. The van der Waals surface area contributed by atoms with Crippen molar-refractivity contribution in [1.82, 2.24) is 14.1 Å². The molecule has 2 aromatic heterocycles. The van der Waals surface area contributed by atoms with Gasteiger partial charge in [-0.1, -0.05) is 55.8 Å². The number of carbonyl (C=O) groups is 2. The van der Waals surface area contributed by atoms with Crippen LogP contribution >= 0.6 is 0 Å². The molecule has 0 radical (unpaired) electrons. The summed E-state index contributed by atoms with van der Waals surface area (Å²) in [6.45, 7) is 4.74. The third-order valence-corrected chi connectivity index (χ3v) is 7.72. The van der Waals surface area contributed by atoms with Crippen molar-refractivity contribution in [3.8, 4) is 5.69 Å². The van der Waals surface area contributed by atoms with Crippen molar-refractivity contribution < 1.29 is 14.7 Å². The normalized spacial score (nSPS) is 11.3. The van der Waals surface area contributed by atoms with Gasteiger partial charge in [0, 0.05) is 29.3 Å². The molecule has 1 amide bonds. The van der Waals surface area contributed by atoms with Crippen LogP contribution in [0.2, 0.25) is 0 Å². The number of anilines is 1. The predicted octanol–water partition coefficient (Wildman–Crippen LogP) is 7.63. The molecule has 6 rings (SSSR count). The molecule has 0 fully saturated rings. The minimum atomic E-state index is -0.962. The van der Waals surface area contributed by atoms with E-state index in [-0.39, 0.29) is 11.5 Å². The Morgan fingerprint density at radius 2 is 1.69 bits per heavy atom. The molecule has 0 aliphatic heterocycles. The van der Waals surface area contributed by atoms with Crippen molar-refractivity contribution in [2.24, 2.45) is 0 Å². The van der Waals surface area contributed by atoms with E-state index in [1.54, 1.807) is 12.1 Å². The largest absolute Gasteiger partial charge is 0.478 e. The number of para-hydroxylation sites is 2. The SMILES string of the molecule is CCCCc1nc2c(C)cc(C(=O)Nc3ccccc3)cc2n1Cc1cccc2c1ccn2-c1ccccc1C(=O)O. The molecule has 2 heterocycles. The van der Waals surface area contributed by atoms with Crippen LogP contribution in [0.4, 0.5) is 5.69 Å². The second kappa shape index (κ2) is 11.4. The third kappa shape index (κ3) is 5.05. The number of imidazole rings is 1. The third-order valence-electron chi connectivity index (χ3n) is 7.72. The molecule has 0 saturated heterocycles. The van der Waals surface area contributed by atoms with Crippen LogP contribution in [-0.2, 0) is 13.0 Å². The van der Waals surface area contributed by atoms with E-state index < -0.39 is 5.97 Å². The number of rotatable bonds is 9. The molecule has 0 unspecified atom stereocenters. The van der Waals surface area contributed by atoms with Gasteiger partial charge in [-0.15, -0.1) is 0 Å². The topological polar surface area (TPSA) is 89.2 Å². The summed E-state index contributed by atoms with van der Waals surface area (Å²) in [4.78, 5) is 30.2. The Labute approximate surface area is 244 Å². The summed E-state index contributed by atoms with van der Waals surface area (Å²) in [7, 11) is 0. The maximum atomic E-state index is 13.3. The predicted molar refractivity (Wildman–Crippen MR) is 167 cm³/mol. The highest BCUT2D eigenvalue weighted by molar-refractivity contribution is 6.06. The number of nitrogens with one attached hydrogen (secondary N) is 1. The first kappa shape index (κ1) is 27.0. The first-order valence-electron chi connectivity index (χ1n) is 14.2. The Kier molecular flexibility index (Phi) is 7.32. The van der Waals surface area contributed by atoms with Crippen LogP contribution < -0.4 is 5.32 Å². The molecule has 7 heteroatoms. The summed E-state index contributed by atoms with van der Waals surface area (Å²) in [6, 6.07) is 28.5. The smallest absolute Gasteiger partial charge is 0.337 e. The van der Waals surface area contributed by atoms with E-state index in [1.807, 2.05) is 90.5 Å². The Morgan fingerprint density at radius 3 is 2.48 bits per heavy atom. The summed E-state index contributed by atoms with van der Waals surface area (Å²) in [5.41, 5.74) is 7.01.